The molecule has 88 valence electrons. The third-order valence-electron chi connectivity index (χ3n) is 2.37. The Kier molecular flexibility index (Phi) is 3.63. The van der Waals surface area contributed by atoms with E-state index in [0.29, 0.717) is 0 Å². The van der Waals surface area contributed by atoms with Crippen molar-refractivity contribution in [2.75, 3.05) is 0 Å². The topological polar surface area (TPSA) is 127 Å². The van der Waals surface area contributed by atoms with Crippen LogP contribution in [-0.2, 0) is 9.53 Å². The Labute approximate surface area is 85.5 Å². The minimum Gasteiger partial charge on any atom is -0.457 e. The second-order valence-corrected chi connectivity index (χ2v) is 3.53. The summed E-state index contributed by atoms with van der Waals surface area (Å²) in [6.45, 7) is 1.06. The predicted octanol–water partition coefficient (Wildman–Crippen LogP) is -3.26. The molecule has 1 saturated carbocycles. The van der Waals surface area contributed by atoms with Crippen molar-refractivity contribution in [1.82, 2.24) is 0 Å². The van der Waals surface area contributed by atoms with Crippen LogP contribution >= 0.6 is 0 Å². The van der Waals surface area contributed by atoms with Crippen molar-refractivity contribution >= 4 is 5.97 Å². The first kappa shape index (κ1) is 12.3. The van der Waals surface area contributed by atoms with Crippen LogP contribution in [0.5, 0.6) is 0 Å². The van der Waals surface area contributed by atoms with E-state index in [4.69, 9.17) is 0 Å². The zero-order chi connectivity index (χ0) is 11.7. The maximum Gasteiger partial charge on any atom is 0.303 e. The molecule has 7 heteroatoms. The number of rotatable bonds is 1. The Morgan fingerprint density at radius 3 is 1.53 bits per heavy atom. The van der Waals surface area contributed by atoms with E-state index in [9.17, 15) is 30.3 Å². The summed E-state index contributed by atoms with van der Waals surface area (Å²) in [6, 6.07) is 0. The van der Waals surface area contributed by atoms with Crippen molar-refractivity contribution < 1.29 is 35.1 Å². The van der Waals surface area contributed by atoms with Crippen LogP contribution in [0.3, 0.4) is 0 Å². The zero-order valence-corrected chi connectivity index (χ0v) is 8.02. The van der Waals surface area contributed by atoms with Gasteiger partial charge in [0.2, 0.25) is 0 Å². The van der Waals surface area contributed by atoms with E-state index in [1.807, 2.05) is 0 Å². The molecule has 0 saturated heterocycles. The third kappa shape index (κ3) is 2.27. The van der Waals surface area contributed by atoms with E-state index in [1.165, 1.54) is 0 Å². The van der Waals surface area contributed by atoms with Gasteiger partial charge in [0.25, 0.3) is 0 Å². The van der Waals surface area contributed by atoms with Crippen LogP contribution in [0, 0.1) is 0 Å². The fourth-order valence-corrected chi connectivity index (χ4v) is 1.53. The summed E-state index contributed by atoms with van der Waals surface area (Å²) in [6.07, 6.45) is -9.75. The standard InChI is InChI=1S/C8H14O7/c1-2(9)15-8-6(13)4(11)3(10)5(12)7(8)14/h3-8,10-14H,1H3/t3?,4-,5+,6-,7-,8?/m1/s1/i8+1. The lowest BCUT2D eigenvalue weighted by atomic mass is 9.95. The zero-order valence-electron chi connectivity index (χ0n) is 8.02. The molecule has 1 aliphatic carbocycles. The lowest BCUT2D eigenvalue weighted by molar-refractivity contribution is -0.232. The highest BCUT2D eigenvalue weighted by Gasteiger charge is 2.49. The van der Waals surface area contributed by atoms with Crippen LogP contribution in [-0.4, -0.2) is 68.1 Å². The van der Waals surface area contributed by atoms with E-state index in [0.717, 1.165) is 6.92 Å². The van der Waals surface area contributed by atoms with Crippen LogP contribution in [0.4, 0.5) is 0 Å². The molecule has 7 nitrogen and oxygen atoms in total. The number of hydrogen-bond acceptors (Lipinski definition) is 7. The highest BCUT2D eigenvalue weighted by atomic mass is 16.6. The number of hydrogen-bond donors (Lipinski definition) is 5. The molecule has 0 aromatic rings. The molecular formula is C8H14O7. The van der Waals surface area contributed by atoms with Gasteiger partial charge in [-0.25, -0.2) is 0 Å². The molecular weight excluding hydrogens is 209 g/mol. The molecule has 2 unspecified atom stereocenters. The van der Waals surface area contributed by atoms with Crippen molar-refractivity contribution in [2.24, 2.45) is 0 Å². The molecule has 0 amide bonds. The van der Waals surface area contributed by atoms with E-state index in [2.05, 4.69) is 4.74 Å². The van der Waals surface area contributed by atoms with Crippen LogP contribution in [0.1, 0.15) is 6.92 Å². The number of aliphatic hydroxyl groups excluding tert-OH is 5. The third-order valence-corrected chi connectivity index (χ3v) is 2.37. The molecule has 6 atom stereocenters. The maximum atomic E-state index is 10.6. The summed E-state index contributed by atoms with van der Waals surface area (Å²) < 4.78 is 4.53. The molecule has 0 aliphatic heterocycles. The van der Waals surface area contributed by atoms with Crippen LogP contribution in [0.25, 0.3) is 0 Å². The largest absolute Gasteiger partial charge is 0.457 e. The van der Waals surface area contributed by atoms with E-state index < -0.39 is 42.6 Å². The van der Waals surface area contributed by atoms with Gasteiger partial charge in [-0.05, 0) is 0 Å². The summed E-state index contributed by atoms with van der Waals surface area (Å²) in [5, 5.41) is 46.5. The first-order valence-corrected chi connectivity index (χ1v) is 4.43. The Bertz CT molecular complexity index is 227. The van der Waals surface area contributed by atoms with Gasteiger partial charge in [0.1, 0.15) is 30.5 Å². The van der Waals surface area contributed by atoms with Gasteiger partial charge in [-0.3, -0.25) is 4.79 Å². The maximum absolute atomic E-state index is 10.6. The Morgan fingerprint density at radius 2 is 1.20 bits per heavy atom. The monoisotopic (exact) mass is 223 g/mol. The van der Waals surface area contributed by atoms with E-state index >= 15 is 0 Å². The van der Waals surface area contributed by atoms with Crippen LogP contribution in [0.15, 0.2) is 0 Å². The van der Waals surface area contributed by atoms with Crippen molar-refractivity contribution in [3.63, 3.8) is 0 Å². The summed E-state index contributed by atoms with van der Waals surface area (Å²) >= 11 is 0. The summed E-state index contributed by atoms with van der Waals surface area (Å²) in [4.78, 5) is 10.6. The number of carbonyl (C=O) groups excluding carboxylic acids is 1. The molecule has 0 aromatic carbocycles. The van der Waals surface area contributed by atoms with Gasteiger partial charge in [-0.1, -0.05) is 0 Å². The summed E-state index contributed by atoms with van der Waals surface area (Å²) in [5.41, 5.74) is 0. The predicted molar refractivity (Wildman–Crippen MR) is 45.6 cm³/mol. The van der Waals surface area contributed by atoms with Crippen molar-refractivity contribution in [3.05, 3.63) is 0 Å². The summed E-state index contributed by atoms with van der Waals surface area (Å²) in [5.74, 6) is -0.770. The van der Waals surface area contributed by atoms with Gasteiger partial charge in [-0.2, -0.15) is 0 Å². The second kappa shape index (κ2) is 4.42. The number of esters is 1. The quantitative estimate of drug-likeness (QED) is 0.233. The average molecular weight is 223 g/mol. The van der Waals surface area contributed by atoms with Crippen molar-refractivity contribution in [1.29, 1.82) is 0 Å². The number of carbonyl (C=O) groups is 1. The van der Waals surface area contributed by atoms with Gasteiger partial charge in [0.15, 0.2) is 6.10 Å². The summed E-state index contributed by atoms with van der Waals surface area (Å²) in [7, 11) is 0. The number of aliphatic hydroxyl groups is 5. The Balaban J connectivity index is 2.81. The SMILES string of the molecule is CC(=O)O[13CH]1[C@H](O)[C@H](O)C(O)[C@H](O)[C@H]1O. The molecule has 0 heterocycles. The van der Waals surface area contributed by atoms with E-state index in [-0.39, 0.29) is 0 Å². The fourth-order valence-electron chi connectivity index (χ4n) is 1.53. The van der Waals surface area contributed by atoms with Gasteiger partial charge in [0.05, 0.1) is 0 Å². The smallest absolute Gasteiger partial charge is 0.303 e. The molecule has 1 fully saturated rings. The molecule has 1 rings (SSSR count). The lowest BCUT2D eigenvalue weighted by Crippen LogP contribution is -2.64. The van der Waals surface area contributed by atoms with Crippen molar-refractivity contribution in [2.45, 2.75) is 43.5 Å². The Morgan fingerprint density at radius 1 is 0.867 bits per heavy atom. The van der Waals surface area contributed by atoms with Gasteiger partial charge < -0.3 is 30.3 Å². The molecule has 0 aromatic heterocycles. The van der Waals surface area contributed by atoms with E-state index in [1.54, 1.807) is 0 Å². The van der Waals surface area contributed by atoms with Crippen molar-refractivity contribution in [3.8, 4) is 0 Å². The minimum absolute atomic E-state index is 0.770. The minimum atomic E-state index is -1.68. The Hall–Kier alpha value is -0.730. The molecule has 15 heavy (non-hydrogen) atoms. The lowest BCUT2D eigenvalue weighted by Gasteiger charge is -2.40. The number of ether oxygens (including phenoxy) is 1. The highest BCUT2D eigenvalue weighted by Crippen LogP contribution is 2.23. The van der Waals surface area contributed by atoms with Gasteiger partial charge in [0, 0.05) is 6.92 Å². The normalized spacial score (nSPS) is 46.3. The average Bonchev–Trinajstić information content (AvgIpc) is 2.18. The molecule has 5 N–H and O–H groups in total. The van der Waals surface area contributed by atoms with Crippen LogP contribution in [0.2, 0.25) is 0 Å². The van der Waals surface area contributed by atoms with Gasteiger partial charge in [-0.15, -0.1) is 0 Å². The second-order valence-electron chi connectivity index (χ2n) is 3.53. The molecule has 0 radical (unpaired) electrons. The molecule has 1 aliphatic rings. The molecule has 0 bridgehead atoms. The van der Waals surface area contributed by atoms with Crippen LogP contribution < -0.4 is 0 Å². The van der Waals surface area contributed by atoms with Gasteiger partial charge >= 0.3 is 5.97 Å². The fraction of sp³-hybridized carbons (Fsp3) is 0.875. The molecule has 0 spiro atoms. The first-order chi connectivity index (χ1) is 6.86. The first-order valence-electron chi connectivity index (χ1n) is 4.43. The highest BCUT2D eigenvalue weighted by molar-refractivity contribution is 5.66.